The summed E-state index contributed by atoms with van der Waals surface area (Å²) in [6, 6.07) is 7.60. The number of rotatable bonds is 7. The van der Waals surface area contributed by atoms with Gasteiger partial charge in [0.1, 0.15) is 17.3 Å². The Hall–Kier alpha value is -5.40. The molecule has 0 aliphatic carbocycles. The van der Waals surface area contributed by atoms with E-state index in [0.717, 1.165) is 22.7 Å². The third kappa shape index (κ3) is 5.70. The zero-order valence-electron chi connectivity index (χ0n) is 21.5. The van der Waals surface area contributed by atoms with E-state index in [1.54, 1.807) is 30.5 Å². The maximum Gasteiger partial charge on any atom is 0.347 e. The smallest absolute Gasteiger partial charge is 0.347 e. The number of nitrogens with two attached hydrogens (primary N) is 1. The topological polar surface area (TPSA) is 202 Å². The van der Waals surface area contributed by atoms with E-state index in [1.165, 1.54) is 6.07 Å². The van der Waals surface area contributed by atoms with E-state index >= 15 is 0 Å². The summed E-state index contributed by atoms with van der Waals surface area (Å²) in [5.41, 5.74) is 6.37. The normalized spacial score (nSPS) is 11.0. The quantitative estimate of drug-likeness (QED) is 0.136. The third-order valence-corrected chi connectivity index (χ3v) is 6.11. The molecule has 0 spiro atoms. The Morgan fingerprint density at radius 3 is 2.65 bits per heavy atom. The highest BCUT2D eigenvalue weighted by Gasteiger charge is 2.24. The molecule has 0 saturated carbocycles. The molecule has 0 aliphatic heterocycles. The Labute approximate surface area is 226 Å². The van der Waals surface area contributed by atoms with Crippen molar-refractivity contribution in [2.24, 2.45) is 5.73 Å². The third-order valence-electron chi connectivity index (χ3n) is 6.11. The van der Waals surface area contributed by atoms with Crippen molar-refractivity contribution in [1.29, 1.82) is 5.41 Å². The van der Waals surface area contributed by atoms with E-state index in [0.29, 0.717) is 17.5 Å². The number of amidine groups is 1. The Balaban J connectivity index is 1.50. The number of hydrogen-bond donors (Lipinski definition) is 7. The number of aromatic hydroxyl groups is 2. The lowest BCUT2D eigenvalue weighted by Crippen LogP contribution is -2.41. The summed E-state index contributed by atoms with van der Waals surface area (Å²) in [6.07, 6.45) is 2.55. The van der Waals surface area contributed by atoms with Crippen LogP contribution in [0.15, 0.2) is 53.6 Å². The molecule has 0 bridgehead atoms. The average Bonchev–Trinajstić information content (AvgIpc) is 3.28. The Kier molecular flexibility index (Phi) is 7.70. The maximum atomic E-state index is 13.7. The highest BCUT2D eigenvalue weighted by molar-refractivity contribution is 6.22. The van der Waals surface area contributed by atoms with E-state index in [9.17, 15) is 29.0 Å². The number of amides is 4. The van der Waals surface area contributed by atoms with Crippen molar-refractivity contribution in [3.63, 3.8) is 0 Å². The predicted octanol–water partition coefficient (Wildman–Crippen LogP) is 3.13. The van der Waals surface area contributed by atoms with Crippen molar-refractivity contribution in [2.45, 2.75) is 26.3 Å². The average molecular weight is 551 g/mol. The molecule has 4 rings (SSSR count). The molecule has 0 radical (unpaired) electrons. The van der Waals surface area contributed by atoms with Gasteiger partial charge in [0.05, 0.1) is 11.3 Å². The van der Waals surface area contributed by atoms with E-state index < -0.39 is 29.4 Å². The number of H-pyrrole nitrogens is 1. The maximum absolute atomic E-state index is 13.7. The summed E-state index contributed by atoms with van der Waals surface area (Å²) in [4.78, 5) is 42.1. The summed E-state index contributed by atoms with van der Waals surface area (Å²) in [5.74, 6) is -2.35. The van der Waals surface area contributed by atoms with Crippen LogP contribution in [0.2, 0.25) is 0 Å². The van der Waals surface area contributed by atoms with Crippen LogP contribution in [0.4, 0.5) is 25.5 Å². The SMILES string of the molecule is CC(C)c1cc(C(=N)N(C(N)=O)c2ccc3c(ccn3CCNC(=O)Nc3nc(=O)[nH]cc3F)c2)c(O)cc1O. The van der Waals surface area contributed by atoms with Crippen molar-refractivity contribution >= 4 is 40.3 Å². The lowest BCUT2D eigenvalue weighted by Gasteiger charge is -2.23. The van der Waals surface area contributed by atoms with Gasteiger partial charge < -0.3 is 30.8 Å². The number of phenols is 2. The number of hydrogen-bond acceptors (Lipinski definition) is 7. The van der Waals surface area contributed by atoms with E-state index in [4.69, 9.17) is 11.1 Å². The number of nitrogens with one attached hydrogen (secondary N) is 4. The minimum absolute atomic E-state index is 0.0255. The van der Waals surface area contributed by atoms with Crippen LogP contribution < -0.4 is 27.0 Å². The number of phenolic OH excluding ortho intramolecular Hbond substituents is 2. The van der Waals surface area contributed by atoms with Crippen LogP contribution in [0.25, 0.3) is 10.9 Å². The molecule has 4 aromatic rings. The lowest BCUT2D eigenvalue weighted by molar-refractivity contribution is 0.251. The van der Waals surface area contributed by atoms with E-state index in [-0.39, 0.29) is 41.0 Å². The van der Waals surface area contributed by atoms with Crippen LogP contribution in [-0.4, -0.2) is 49.2 Å². The Bertz CT molecular complexity index is 1680. The standard InChI is InChI=1S/C26H27FN8O5/c1-13(2)16-10-17(21(37)11-20(16)36)22(28)35(24(29)38)15-3-4-19-14(9-15)5-7-34(19)8-6-30-25(39)32-23-18(27)12-31-26(40)33-23/h3-5,7,9-13,28,36-37H,6,8H2,1-2H3,(H2,29,38)(H3,30,31,32,33,39,40). The Morgan fingerprint density at radius 2 is 1.95 bits per heavy atom. The number of halogens is 1. The summed E-state index contributed by atoms with van der Waals surface area (Å²) in [7, 11) is 0. The molecule has 0 fully saturated rings. The first-order chi connectivity index (χ1) is 19.0. The van der Waals surface area contributed by atoms with Gasteiger partial charge in [-0.05, 0) is 41.8 Å². The van der Waals surface area contributed by atoms with E-state index in [1.807, 2.05) is 18.4 Å². The predicted molar refractivity (Wildman–Crippen MR) is 147 cm³/mol. The minimum atomic E-state index is -0.941. The number of primary amides is 1. The first-order valence-electron chi connectivity index (χ1n) is 12.1. The fourth-order valence-electron chi connectivity index (χ4n) is 4.16. The Morgan fingerprint density at radius 1 is 1.20 bits per heavy atom. The highest BCUT2D eigenvalue weighted by atomic mass is 19.1. The van der Waals surface area contributed by atoms with Gasteiger partial charge in [-0.25, -0.2) is 23.7 Å². The molecule has 13 nitrogen and oxygen atoms in total. The molecular formula is C26H27FN8O5. The van der Waals surface area contributed by atoms with Gasteiger partial charge in [-0.1, -0.05) is 13.8 Å². The fraction of sp³-hybridized carbons (Fsp3) is 0.192. The number of aromatic nitrogens is 3. The molecule has 2 heterocycles. The van der Waals surface area contributed by atoms with Gasteiger partial charge in [0, 0.05) is 42.5 Å². The molecule has 0 unspecified atom stereocenters. The zero-order valence-corrected chi connectivity index (χ0v) is 21.5. The van der Waals surface area contributed by atoms with Gasteiger partial charge >= 0.3 is 17.8 Å². The molecule has 14 heteroatoms. The molecular weight excluding hydrogens is 523 g/mol. The molecule has 8 N–H and O–H groups in total. The number of urea groups is 2. The first-order valence-corrected chi connectivity index (χ1v) is 12.1. The molecule has 0 atom stereocenters. The summed E-state index contributed by atoms with van der Waals surface area (Å²) in [5, 5.41) is 34.6. The second-order valence-electron chi connectivity index (χ2n) is 9.14. The van der Waals surface area contributed by atoms with Gasteiger partial charge in [0.15, 0.2) is 11.6 Å². The van der Waals surface area contributed by atoms with Crippen LogP contribution >= 0.6 is 0 Å². The largest absolute Gasteiger partial charge is 0.508 e. The van der Waals surface area contributed by atoms with Gasteiger partial charge in [-0.3, -0.25) is 10.7 Å². The number of benzene rings is 2. The van der Waals surface area contributed by atoms with Crippen molar-refractivity contribution in [2.75, 3.05) is 16.8 Å². The van der Waals surface area contributed by atoms with Crippen molar-refractivity contribution < 1.29 is 24.2 Å². The lowest BCUT2D eigenvalue weighted by atomic mass is 9.98. The van der Waals surface area contributed by atoms with Crippen molar-refractivity contribution in [1.82, 2.24) is 19.9 Å². The molecule has 0 aliphatic rings. The second kappa shape index (κ2) is 11.1. The first kappa shape index (κ1) is 27.6. The van der Waals surface area contributed by atoms with Crippen LogP contribution in [0.5, 0.6) is 11.5 Å². The summed E-state index contributed by atoms with van der Waals surface area (Å²) < 4.78 is 15.5. The van der Waals surface area contributed by atoms with Crippen molar-refractivity contribution in [3.8, 4) is 11.5 Å². The van der Waals surface area contributed by atoms with Gasteiger partial charge in [-0.15, -0.1) is 0 Å². The molecule has 2 aromatic carbocycles. The van der Waals surface area contributed by atoms with Crippen LogP contribution in [-0.2, 0) is 6.54 Å². The number of anilines is 2. The summed E-state index contributed by atoms with van der Waals surface area (Å²) in [6.45, 7) is 4.16. The highest BCUT2D eigenvalue weighted by Crippen LogP contribution is 2.34. The number of carbonyl (C=O) groups is 2. The zero-order chi connectivity index (χ0) is 29.1. The molecule has 2 aromatic heterocycles. The second-order valence-corrected chi connectivity index (χ2v) is 9.14. The van der Waals surface area contributed by atoms with Crippen LogP contribution in [0, 0.1) is 11.2 Å². The minimum Gasteiger partial charge on any atom is -0.508 e. The number of nitrogens with zero attached hydrogens (tertiary/aromatic N) is 3. The number of carbonyl (C=O) groups excluding carboxylic acids is 2. The monoisotopic (exact) mass is 550 g/mol. The van der Waals surface area contributed by atoms with Gasteiger partial charge in [-0.2, -0.15) is 4.98 Å². The van der Waals surface area contributed by atoms with Crippen LogP contribution in [0.1, 0.15) is 30.9 Å². The van der Waals surface area contributed by atoms with Crippen molar-refractivity contribution in [3.05, 3.63) is 76.2 Å². The van der Waals surface area contributed by atoms with Gasteiger partial charge in [0.2, 0.25) is 0 Å². The fourth-order valence-corrected chi connectivity index (χ4v) is 4.16. The molecule has 4 amide bonds. The van der Waals surface area contributed by atoms with Gasteiger partial charge in [0.25, 0.3) is 0 Å². The van der Waals surface area contributed by atoms with E-state index in [2.05, 4.69) is 20.6 Å². The summed E-state index contributed by atoms with van der Waals surface area (Å²) >= 11 is 0. The molecule has 0 saturated heterocycles. The molecule has 40 heavy (non-hydrogen) atoms. The van der Waals surface area contributed by atoms with Crippen LogP contribution in [0.3, 0.4) is 0 Å². The molecule has 208 valence electrons. The number of fused-ring (bicyclic) bond motifs is 1. The number of aromatic amines is 1.